The molecule has 20 heavy (non-hydrogen) atoms. The standard InChI is InChI=1S/C12H13BrN4O3/c1-7-15-10(20-16-7)6-19-12(18)9-4-8(13)5-14-11(9)17(2)3/h4-5H,6H2,1-3H3. The van der Waals surface area contributed by atoms with Gasteiger partial charge >= 0.3 is 5.97 Å². The highest BCUT2D eigenvalue weighted by Gasteiger charge is 2.17. The van der Waals surface area contributed by atoms with Crippen LogP contribution in [0.4, 0.5) is 5.82 Å². The molecule has 0 N–H and O–H groups in total. The van der Waals surface area contributed by atoms with E-state index in [2.05, 4.69) is 31.1 Å². The van der Waals surface area contributed by atoms with Gasteiger partial charge < -0.3 is 14.2 Å². The van der Waals surface area contributed by atoms with Crippen LogP contribution in [-0.4, -0.2) is 35.2 Å². The molecule has 0 amide bonds. The minimum Gasteiger partial charge on any atom is -0.452 e. The topological polar surface area (TPSA) is 81.3 Å². The van der Waals surface area contributed by atoms with Crippen LogP contribution in [0.3, 0.4) is 0 Å². The number of hydrogen-bond acceptors (Lipinski definition) is 7. The maximum Gasteiger partial charge on any atom is 0.342 e. The molecule has 0 saturated carbocycles. The summed E-state index contributed by atoms with van der Waals surface area (Å²) in [5, 5.41) is 3.62. The maximum absolute atomic E-state index is 12.1. The summed E-state index contributed by atoms with van der Waals surface area (Å²) < 4.78 is 10.7. The average Bonchev–Trinajstić information content (AvgIpc) is 2.81. The first kappa shape index (κ1) is 14.4. The molecular formula is C12H13BrN4O3. The predicted molar refractivity (Wildman–Crippen MR) is 74.4 cm³/mol. The monoisotopic (exact) mass is 340 g/mol. The number of carbonyl (C=O) groups is 1. The van der Waals surface area contributed by atoms with E-state index in [0.29, 0.717) is 21.7 Å². The van der Waals surface area contributed by atoms with E-state index in [1.165, 1.54) is 0 Å². The molecule has 0 aliphatic rings. The highest BCUT2D eigenvalue weighted by molar-refractivity contribution is 9.10. The van der Waals surface area contributed by atoms with Crippen molar-refractivity contribution in [1.29, 1.82) is 0 Å². The van der Waals surface area contributed by atoms with Crippen molar-refractivity contribution in [1.82, 2.24) is 15.1 Å². The highest BCUT2D eigenvalue weighted by atomic mass is 79.9. The first-order valence-corrected chi connectivity index (χ1v) is 6.56. The van der Waals surface area contributed by atoms with Crippen molar-refractivity contribution in [2.75, 3.05) is 19.0 Å². The fourth-order valence-electron chi connectivity index (χ4n) is 1.54. The van der Waals surface area contributed by atoms with Crippen molar-refractivity contribution >= 4 is 27.7 Å². The molecule has 0 unspecified atom stereocenters. The van der Waals surface area contributed by atoms with Gasteiger partial charge in [-0.1, -0.05) is 5.16 Å². The third kappa shape index (κ3) is 3.32. The summed E-state index contributed by atoms with van der Waals surface area (Å²) in [4.78, 5) is 22.0. The lowest BCUT2D eigenvalue weighted by Gasteiger charge is -2.15. The van der Waals surface area contributed by atoms with Gasteiger partial charge in [0.15, 0.2) is 12.4 Å². The molecule has 2 aromatic heterocycles. The molecule has 0 aliphatic heterocycles. The highest BCUT2D eigenvalue weighted by Crippen LogP contribution is 2.21. The number of carbonyl (C=O) groups excluding carboxylic acids is 1. The van der Waals surface area contributed by atoms with Crippen LogP contribution in [0.1, 0.15) is 22.1 Å². The Balaban J connectivity index is 2.14. The zero-order valence-electron chi connectivity index (χ0n) is 11.3. The molecule has 8 heteroatoms. The van der Waals surface area contributed by atoms with Gasteiger partial charge in [0.25, 0.3) is 5.89 Å². The van der Waals surface area contributed by atoms with Crippen LogP contribution in [0.5, 0.6) is 0 Å². The van der Waals surface area contributed by atoms with Crippen LogP contribution in [0.15, 0.2) is 21.3 Å². The lowest BCUT2D eigenvalue weighted by atomic mass is 10.2. The molecule has 0 atom stereocenters. The number of nitrogens with zero attached hydrogens (tertiary/aromatic N) is 4. The molecule has 0 fully saturated rings. The van der Waals surface area contributed by atoms with Crippen molar-refractivity contribution in [3.05, 3.63) is 34.0 Å². The van der Waals surface area contributed by atoms with Crippen LogP contribution >= 0.6 is 15.9 Å². The predicted octanol–water partition coefficient (Wildman–Crippen LogP) is 1.96. The van der Waals surface area contributed by atoms with Gasteiger partial charge in [-0.05, 0) is 28.9 Å². The number of aromatic nitrogens is 3. The molecule has 0 bridgehead atoms. The van der Waals surface area contributed by atoms with E-state index in [9.17, 15) is 4.79 Å². The Hall–Kier alpha value is -1.96. The fourth-order valence-corrected chi connectivity index (χ4v) is 1.87. The van der Waals surface area contributed by atoms with Crippen molar-refractivity contribution < 1.29 is 14.1 Å². The molecule has 2 rings (SSSR count). The van der Waals surface area contributed by atoms with Crippen LogP contribution in [-0.2, 0) is 11.3 Å². The summed E-state index contributed by atoms with van der Waals surface area (Å²) in [5.41, 5.74) is 0.362. The van der Waals surface area contributed by atoms with Crippen molar-refractivity contribution in [3.8, 4) is 0 Å². The first-order chi connectivity index (χ1) is 9.47. The molecular weight excluding hydrogens is 328 g/mol. The van der Waals surface area contributed by atoms with E-state index in [0.717, 1.165) is 0 Å². The molecule has 0 aromatic carbocycles. The lowest BCUT2D eigenvalue weighted by molar-refractivity contribution is 0.0430. The second kappa shape index (κ2) is 6.00. The summed E-state index contributed by atoms with van der Waals surface area (Å²) in [5.74, 6) is 0.776. The Labute approximate surface area is 124 Å². The van der Waals surface area contributed by atoms with E-state index < -0.39 is 5.97 Å². The van der Waals surface area contributed by atoms with E-state index in [1.54, 1.807) is 38.2 Å². The third-order valence-corrected chi connectivity index (χ3v) is 2.81. The Morgan fingerprint density at radius 2 is 2.25 bits per heavy atom. The molecule has 2 aromatic rings. The molecule has 0 saturated heterocycles. The van der Waals surface area contributed by atoms with E-state index in [-0.39, 0.29) is 12.5 Å². The van der Waals surface area contributed by atoms with Crippen LogP contribution < -0.4 is 4.90 Å². The van der Waals surface area contributed by atoms with Crippen molar-refractivity contribution in [2.45, 2.75) is 13.5 Å². The maximum atomic E-state index is 12.1. The summed E-state index contributed by atoms with van der Waals surface area (Å²) in [6.45, 7) is 1.62. The smallest absolute Gasteiger partial charge is 0.342 e. The number of pyridine rings is 1. The Morgan fingerprint density at radius 3 is 2.85 bits per heavy atom. The summed E-state index contributed by atoms with van der Waals surface area (Å²) >= 11 is 3.28. The van der Waals surface area contributed by atoms with Crippen molar-refractivity contribution in [3.63, 3.8) is 0 Å². The number of anilines is 1. The zero-order valence-corrected chi connectivity index (χ0v) is 12.8. The van der Waals surface area contributed by atoms with Gasteiger partial charge in [0.05, 0.1) is 0 Å². The lowest BCUT2D eigenvalue weighted by Crippen LogP contribution is -2.17. The Morgan fingerprint density at radius 1 is 1.50 bits per heavy atom. The van der Waals surface area contributed by atoms with Gasteiger partial charge in [-0.3, -0.25) is 0 Å². The zero-order chi connectivity index (χ0) is 14.7. The number of ether oxygens (including phenoxy) is 1. The van der Waals surface area contributed by atoms with E-state index in [1.807, 2.05) is 0 Å². The van der Waals surface area contributed by atoms with Gasteiger partial charge in [-0.2, -0.15) is 4.98 Å². The third-order valence-electron chi connectivity index (χ3n) is 2.37. The second-order valence-electron chi connectivity index (χ2n) is 4.23. The molecule has 106 valence electrons. The normalized spacial score (nSPS) is 10.4. The van der Waals surface area contributed by atoms with Gasteiger partial charge in [-0.25, -0.2) is 9.78 Å². The van der Waals surface area contributed by atoms with Crippen LogP contribution in [0.2, 0.25) is 0 Å². The Kier molecular flexibility index (Phi) is 4.33. The average molecular weight is 341 g/mol. The van der Waals surface area contributed by atoms with Gasteiger partial charge in [0.2, 0.25) is 0 Å². The molecule has 2 heterocycles. The quantitative estimate of drug-likeness (QED) is 0.786. The van der Waals surface area contributed by atoms with Gasteiger partial charge in [0.1, 0.15) is 11.4 Å². The van der Waals surface area contributed by atoms with Gasteiger partial charge in [-0.15, -0.1) is 0 Å². The molecule has 7 nitrogen and oxygen atoms in total. The second-order valence-corrected chi connectivity index (χ2v) is 5.15. The molecule has 0 radical (unpaired) electrons. The number of aryl methyl sites for hydroxylation is 1. The largest absolute Gasteiger partial charge is 0.452 e. The summed E-state index contributed by atoms with van der Waals surface area (Å²) in [7, 11) is 3.60. The first-order valence-electron chi connectivity index (χ1n) is 5.76. The summed E-state index contributed by atoms with van der Waals surface area (Å²) in [6, 6.07) is 1.66. The minimum absolute atomic E-state index is 0.0704. The van der Waals surface area contributed by atoms with E-state index >= 15 is 0 Å². The van der Waals surface area contributed by atoms with Gasteiger partial charge in [0, 0.05) is 24.8 Å². The Bertz CT molecular complexity index is 627. The van der Waals surface area contributed by atoms with E-state index in [4.69, 9.17) is 9.26 Å². The van der Waals surface area contributed by atoms with Crippen LogP contribution in [0.25, 0.3) is 0 Å². The molecule has 0 aliphatic carbocycles. The van der Waals surface area contributed by atoms with Crippen LogP contribution in [0, 0.1) is 6.92 Å². The minimum atomic E-state index is -0.502. The number of esters is 1. The molecule has 0 spiro atoms. The number of hydrogen-bond donors (Lipinski definition) is 0. The SMILES string of the molecule is Cc1noc(COC(=O)c2cc(Br)cnc2N(C)C)n1. The number of rotatable bonds is 4. The van der Waals surface area contributed by atoms with Crippen molar-refractivity contribution in [2.24, 2.45) is 0 Å². The number of halogens is 1. The summed E-state index contributed by atoms with van der Waals surface area (Å²) in [6.07, 6.45) is 1.62. The fraction of sp³-hybridized carbons (Fsp3) is 0.333.